The zero-order chi connectivity index (χ0) is 19.4. The lowest BCUT2D eigenvalue weighted by molar-refractivity contribution is -0.126. The molecule has 0 atom stereocenters. The van der Waals surface area contributed by atoms with Crippen molar-refractivity contribution in [2.45, 2.75) is 39.0 Å². The van der Waals surface area contributed by atoms with Gasteiger partial charge in [-0.15, -0.1) is 11.3 Å². The number of piperidine rings is 1. The summed E-state index contributed by atoms with van der Waals surface area (Å²) in [4.78, 5) is 27.3. The first-order chi connectivity index (χ1) is 13.0. The van der Waals surface area contributed by atoms with Gasteiger partial charge in [0.25, 0.3) is 5.91 Å². The van der Waals surface area contributed by atoms with Crippen LogP contribution in [-0.4, -0.2) is 36.3 Å². The number of carbonyl (C=O) groups excluding carboxylic acids is 2. The molecule has 1 aliphatic rings. The van der Waals surface area contributed by atoms with E-state index in [9.17, 15) is 14.0 Å². The van der Waals surface area contributed by atoms with Crippen LogP contribution >= 0.6 is 22.9 Å². The van der Waals surface area contributed by atoms with E-state index in [0.717, 1.165) is 25.8 Å². The molecule has 27 heavy (non-hydrogen) atoms. The van der Waals surface area contributed by atoms with Crippen LogP contribution in [0.15, 0.2) is 18.2 Å². The van der Waals surface area contributed by atoms with Crippen LogP contribution in [0.25, 0.3) is 10.1 Å². The van der Waals surface area contributed by atoms with E-state index in [4.69, 9.17) is 11.6 Å². The SMILES string of the molecule is CCCCCNC(=O)C1CCN(C(=O)c2sc3cc(F)ccc3c2Cl)CC1. The summed E-state index contributed by atoms with van der Waals surface area (Å²) in [5, 5.41) is 4.08. The Bertz CT molecular complexity index is 831. The first-order valence-electron chi connectivity index (χ1n) is 9.45. The van der Waals surface area contributed by atoms with Crippen molar-refractivity contribution >= 4 is 44.8 Å². The number of halogens is 2. The van der Waals surface area contributed by atoms with Gasteiger partial charge in [-0.1, -0.05) is 31.4 Å². The van der Waals surface area contributed by atoms with Crippen molar-refractivity contribution in [2.75, 3.05) is 19.6 Å². The molecule has 0 bridgehead atoms. The maximum absolute atomic E-state index is 13.4. The van der Waals surface area contributed by atoms with E-state index in [1.165, 1.54) is 23.5 Å². The minimum atomic E-state index is -0.342. The van der Waals surface area contributed by atoms with Crippen molar-refractivity contribution in [3.63, 3.8) is 0 Å². The summed E-state index contributed by atoms with van der Waals surface area (Å²) in [7, 11) is 0. The second-order valence-corrected chi connectivity index (χ2v) is 8.38. The van der Waals surface area contributed by atoms with Crippen LogP contribution in [-0.2, 0) is 4.79 Å². The number of carbonyl (C=O) groups is 2. The number of fused-ring (bicyclic) bond motifs is 1. The van der Waals surface area contributed by atoms with E-state index in [1.54, 1.807) is 11.0 Å². The molecule has 1 aromatic heterocycles. The van der Waals surface area contributed by atoms with Crippen molar-refractivity contribution in [1.82, 2.24) is 10.2 Å². The van der Waals surface area contributed by atoms with Gasteiger partial charge in [0.2, 0.25) is 5.91 Å². The van der Waals surface area contributed by atoms with Crippen molar-refractivity contribution in [1.29, 1.82) is 0 Å². The van der Waals surface area contributed by atoms with Crippen molar-refractivity contribution in [3.05, 3.63) is 33.9 Å². The maximum atomic E-state index is 13.4. The first-order valence-corrected chi connectivity index (χ1v) is 10.6. The highest BCUT2D eigenvalue weighted by Crippen LogP contribution is 2.37. The van der Waals surface area contributed by atoms with Gasteiger partial charge >= 0.3 is 0 Å². The number of hydrogen-bond acceptors (Lipinski definition) is 3. The third-order valence-corrected chi connectivity index (χ3v) is 6.66. The minimum absolute atomic E-state index is 0.0392. The summed E-state index contributed by atoms with van der Waals surface area (Å²) >= 11 is 7.58. The van der Waals surface area contributed by atoms with Crippen LogP contribution in [0.2, 0.25) is 5.02 Å². The average Bonchev–Trinajstić information content (AvgIpc) is 3.00. The Balaban J connectivity index is 1.59. The number of rotatable bonds is 6. The molecule has 0 radical (unpaired) electrons. The summed E-state index contributed by atoms with van der Waals surface area (Å²) in [6.07, 6.45) is 4.56. The van der Waals surface area contributed by atoms with E-state index < -0.39 is 0 Å². The van der Waals surface area contributed by atoms with Crippen LogP contribution in [0, 0.1) is 11.7 Å². The first kappa shape index (κ1) is 20.1. The predicted molar refractivity (Wildman–Crippen MR) is 108 cm³/mol. The molecule has 1 saturated heterocycles. The molecule has 0 unspecified atom stereocenters. The normalized spacial score (nSPS) is 15.3. The van der Waals surface area contributed by atoms with Gasteiger partial charge in [-0.05, 0) is 37.5 Å². The highest BCUT2D eigenvalue weighted by atomic mass is 35.5. The second-order valence-electron chi connectivity index (χ2n) is 6.95. The minimum Gasteiger partial charge on any atom is -0.356 e. The zero-order valence-electron chi connectivity index (χ0n) is 15.4. The molecule has 1 aromatic carbocycles. The van der Waals surface area contributed by atoms with Crippen LogP contribution in [0.4, 0.5) is 4.39 Å². The maximum Gasteiger partial charge on any atom is 0.265 e. The summed E-state index contributed by atoms with van der Waals surface area (Å²) in [5.74, 6) is -0.426. The molecule has 3 rings (SSSR count). The summed E-state index contributed by atoms with van der Waals surface area (Å²) < 4.78 is 14.1. The number of thiophene rings is 1. The lowest BCUT2D eigenvalue weighted by atomic mass is 9.95. The number of benzene rings is 1. The highest BCUT2D eigenvalue weighted by molar-refractivity contribution is 7.21. The summed E-state index contributed by atoms with van der Waals surface area (Å²) in [6, 6.07) is 4.35. The fourth-order valence-corrected chi connectivity index (χ4v) is 4.90. The van der Waals surface area contributed by atoms with Gasteiger partial charge < -0.3 is 10.2 Å². The molecule has 0 saturated carbocycles. The Labute approximate surface area is 167 Å². The van der Waals surface area contributed by atoms with Gasteiger partial charge in [-0.3, -0.25) is 9.59 Å². The number of nitrogens with zero attached hydrogens (tertiary/aromatic N) is 1. The second kappa shape index (κ2) is 9.02. The molecule has 146 valence electrons. The number of unbranched alkanes of at least 4 members (excludes halogenated alkanes) is 2. The van der Waals surface area contributed by atoms with Gasteiger partial charge in [0.1, 0.15) is 10.7 Å². The molecule has 2 aromatic rings. The Morgan fingerprint density at radius 3 is 2.74 bits per heavy atom. The summed E-state index contributed by atoms with van der Waals surface area (Å²) in [6.45, 7) is 3.92. The van der Waals surface area contributed by atoms with E-state index in [0.29, 0.717) is 45.9 Å². The van der Waals surface area contributed by atoms with Crippen molar-refractivity contribution in [2.24, 2.45) is 5.92 Å². The third kappa shape index (κ3) is 4.61. The van der Waals surface area contributed by atoms with Gasteiger partial charge in [-0.2, -0.15) is 0 Å². The van der Waals surface area contributed by atoms with E-state index in [2.05, 4.69) is 12.2 Å². The molecule has 1 N–H and O–H groups in total. The monoisotopic (exact) mass is 410 g/mol. The van der Waals surface area contributed by atoms with E-state index in [1.807, 2.05) is 0 Å². The predicted octanol–water partition coefficient (Wildman–Crippen LogP) is 4.85. The zero-order valence-corrected chi connectivity index (χ0v) is 17.0. The Morgan fingerprint density at radius 1 is 1.30 bits per heavy atom. The van der Waals surface area contributed by atoms with Gasteiger partial charge in [0, 0.05) is 35.6 Å². The average molecular weight is 411 g/mol. The highest BCUT2D eigenvalue weighted by Gasteiger charge is 2.29. The van der Waals surface area contributed by atoms with Crippen molar-refractivity contribution in [3.8, 4) is 0 Å². The number of hydrogen-bond donors (Lipinski definition) is 1. The lowest BCUT2D eigenvalue weighted by Crippen LogP contribution is -2.43. The molecule has 2 amide bonds. The molecule has 2 heterocycles. The summed E-state index contributed by atoms with van der Waals surface area (Å²) in [5.41, 5.74) is 0. The topological polar surface area (TPSA) is 49.4 Å². The number of nitrogens with one attached hydrogen (secondary N) is 1. The van der Waals surface area contributed by atoms with E-state index in [-0.39, 0.29) is 23.5 Å². The van der Waals surface area contributed by atoms with Crippen molar-refractivity contribution < 1.29 is 14.0 Å². The molecule has 7 heteroatoms. The fraction of sp³-hybridized carbons (Fsp3) is 0.500. The van der Waals surface area contributed by atoms with Crippen LogP contribution in [0.3, 0.4) is 0 Å². The molecule has 1 fully saturated rings. The Morgan fingerprint density at radius 2 is 2.04 bits per heavy atom. The number of likely N-dealkylation sites (tertiary alicyclic amines) is 1. The molecule has 0 aliphatic carbocycles. The van der Waals surface area contributed by atoms with Gasteiger partial charge in [-0.25, -0.2) is 4.39 Å². The molecule has 0 spiro atoms. The molecule has 1 aliphatic heterocycles. The standard InChI is InChI=1S/C20H24ClFN2O2S/c1-2-3-4-9-23-19(25)13-7-10-24(11-8-13)20(26)18-17(21)15-6-5-14(22)12-16(15)27-18/h5-6,12-13H,2-4,7-11H2,1H3,(H,23,25). The van der Waals surface area contributed by atoms with Crippen LogP contribution in [0.5, 0.6) is 0 Å². The largest absolute Gasteiger partial charge is 0.356 e. The van der Waals surface area contributed by atoms with Gasteiger partial charge in [0.05, 0.1) is 5.02 Å². The van der Waals surface area contributed by atoms with E-state index >= 15 is 0 Å². The molecular formula is C20H24ClFN2O2S. The quantitative estimate of drug-likeness (QED) is 0.692. The Kier molecular flexibility index (Phi) is 6.71. The van der Waals surface area contributed by atoms with Crippen LogP contribution < -0.4 is 5.32 Å². The smallest absolute Gasteiger partial charge is 0.265 e. The lowest BCUT2D eigenvalue weighted by Gasteiger charge is -2.31. The van der Waals surface area contributed by atoms with Crippen LogP contribution in [0.1, 0.15) is 48.7 Å². The Hall–Kier alpha value is -1.66. The molecule has 4 nitrogen and oxygen atoms in total. The van der Waals surface area contributed by atoms with Gasteiger partial charge in [0.15, 0.2) is 0 Å². The third-order valence-electron chi connectivity index (χ3n) is 5.02. The number of amides is 2. The fourth-order valence-electron chi connectivity index (χ4n) is 3.40. The molecular weight excluding hydrogens is 387 g/mol.